The first-order valence-electron chi connectivity index (χ1n) is 9.17. The third kappa shape index (κ3) is 3.59. The Labute approximate surface area is 167 Å². The van der Waals surface area contributed by atoms with Crippen LogP contribution in [-0.4, -0.2) is 73.6 Å². The molecule has 2 saturated heterocycles. The van der Waals surface area contributed by atoms with Crippen molar-refractivity contribution in [2.75, 3.05) is 39.3 Å². The maximum Gasteiger partial charge on any atom is 0.289 e. The molecular formula is C18H21N3O5S2. The van der Waals surface area contributed by atoms with Crippen LogP contribution >= 0.6 is 11.3 Å². The fraction of sp³-hybridized carbons (Fsp3) is 0.444. The molecule has 2 amide bonds. The van der Waals surface area contributed by atoms with Gasteiger partial charge in [0.1, 0.15) is 4.21 Å². The second kappa shape index (κ2) is 7.69. The van der Waals surface area contributed by atoms with E-state index in [0.29, 0.717) is 18.7 Å². The number of likely N-dealkylation sites (tertiary alicyclic amines) is 1. The van der Waals surface area contributed by atoms with Gasteiger partial charge in [0.15, 0.2) is 5.76 Å². The molecule has 10 heteroatoms. The monoisotopic (exact) mass is 423 g/mol. The number of furan rings is 1. The summed E-state index contributed by atoms with van der Waals surface area (Å²) in [5.74, 6) is -0.0969. The zero-order valence-electron chi connectivity index (χ0n) is 15.2. The first-order chi connectivity index (χ1) is 13.5. The van der Waals surface area contributed by atoms with Crippen molar-refractivity contribution in [1.82, 2.24) is 14.1 Å². The van der Waals surface area contributed by atoms with Crippen molar-refractivity contribution < 1.29 is 22.4 Å². The average Bonchev–Trinajstić information content (AvgIpc) is 3.49. The predicted molar refractivity (Wildman–Crippen MR) is 103 cm³/mol. The molecule has 8 nitrogen and oxygen atoms in total. The number of thiophene rings is 1. The second-order valence-electron chi connectivity index (χ2n) is 6.83. The van der Waals surface area contributed by atoms with Gasteiger partial charge in [0.05, 0.1) is 11.8 Å². The summed E-state index contributed by atoms with van der Waals surface area (Å²) in [5, 5.41) is 1.62. The van der Waals surface area contributed by atoms with Crippen LogP contribution in [0.3, 0.4) is 0 Å². The summed E-state index contributed by atoms with van der Waals surface area (Å²) < 4.78 is 32.5. The molecule has 28 heavy (non-hydrogen) atoms. The van der Waals surface area contributed by atoms with Gasteiger partial charge in [0.2, 0.25) is 0 Å². The molecule has 0 atom stereocenters. The maximum absolute atomic E-state index is 12.9. The Balaban J connectivity index is 1.42. The van der Waals surface area contributed by atoms with Crippen LogP contribution in [-0.2, 0) is 10.0 Å². The highest BCUT2D eigenvalue weighted by Crippen LogP contribution is 2.26. The number of amides is 2. The van der Waals surface area contributed by atoms with Crippen molar-refractivity contribution in [3.05, 3.63) is 41.2 Å². The third-order valence-corrected chi connectivity index (χ3v) is 8.38. The molecule has 0 bridgehead atoms. The van der Waals surface area contributed by atoms with Crippen LogP contribution in [0, 0.1) is 0 Å². The number of hydrogen-bond donors (Lipinski definition) is 0. The Bertz CT molecular complexity index is 953. The van der Waals surface area contributed by atoms with Gasteiger partial charge in [-0.05, 0) is 31.0 Å². The average molecular weight is 424 g/mol. The Morgan fingerprint density at radius 1 is 0.964 bits per heavy atom. The SMILES string of the molecule is O=C(c1csc(S(=O)(=O)N2CCN(C(=O)c3ccco3)CC2)c1)N1CCCC1. The molecule has 0 N–H and O–H groups in total. The van der Waals surface area contributed by atoms with Gasteiger partial charge in [-0.15, -0.1) is 11.3 Å². The number of piperazine rings is 1. The van der Waals surface area contributed by atoms with E-state index in [1.807, 2.05) is 0 Å². The van der Waals surface area contributed by atoms with Crippen LogP contribution < -0.4 is 0 Å². The van der Waals surface area contributed by atoms with Crippen molar-refractivity contribution >= 4 is 33.2 Å². The zero-order chi connectivity index (χ0) is 19.7. The highest BCUT2D eigenvalue weighted by Gasteiger charge is 2.33. The normalized spacial score (nSPS) is 18.6. The topological polar surface area (TPSA) is 91.1 Å². The molecule has 0 unspecified atom stereocenters. The summed E-state index contributed by atoms with van der Waals surface area (Å²) in [6.07, 6.45) is 3.41. The smallest absolute Gasteiger partial charge is 0.289 e. The van der Waals surface area contributed by atoms with Gasteiger partial charge in [-0.3, -0.25) is 9.59 Å². The van der Waals surface area contributed by atoms with Crippen LogP contribution in [0.25, 0.3) is 0 Å². The molecule has 150 valence electrons. The fourth-order valence-corrected chi connectivity index (χ4v) is 6.21. The van der Waals surface area contributed by atoms with E-state index in [2.05, 4.69) is 0 Å². The Kier molecular flexibility index (Phi) is 5.26. The van der Waals surface area contributed by atoms with Gasteiger partial charge < -0.3 is 14.2 Å². The number of carbonyl (C=O) groups is 2. The van der Waals surface area contributed by atoms with Crippen molar-refractivity contribution in [1.29, 1.82) is 0 Å². The molecule has 0 saturated carbocycles. The van der Waals surface area contributed by atoms with E-state index in [-0.39, 0.29) is 34.9 Å². The number of sulfonamides is 1. The fourth-order valence-electron chi connectivity index (χ4n) is 3.48. The summed E-state index contributed by atoms with van der Waals surface area (Å²) in [5.41, 5.74) is 0.428. The van der Waals surface area contributed by atoms with E-state index < -0.39 is 10.0 Å². The Morgan fingerprint density at radius 2 is 1.64 bits per heavy atom. The lowest BCUT2D eigenvalue weighted by atomic mass is 10.3. The summed E-state index contributed by atoms with van der Waals surface area (Å²) in [4.78, 5) is 28.1. The number of rotatable bonds is 4. The Hall–Kier alpha value is -2.17. The Morgan fingerprint density at radius 3 is 2.29 bits per heavy atom. The maximum atomic E-state index is 12.9. The largest absolute Gasteiger partial charge is 0.459 e. The van der Waals surface area contributed by atoms with Crippen LogP contribution in [0.15, 0.2) is 38.5 Å². The standard InChI is InChI=1S/C18H21N3O5S2/c22-17(19-5-1-2-6-19)14-12-16(27-13-14)28(24,25)21-9-7-20(8-10-21)18(23)15-4-3-11-26-15/h3-4,11-13H,1-2,5-10H2. The number of carbonyl (C=O) groups excluding carboxylic acids is 2. The molecule has 0 aromatic carbocycles. The van der Waals surface area contributed by atoms with Crippen LogP contribution in [0.1, 0.15) is 33.8 Å². The molecule has 2 fully saturated rings. The molecule has 0 radical (unpaired) electrons. The van der Waals surface area contributed by atoms with Crippen molar-refractivity contribution in [3.8, 4) is 0 Å². The number of nitrogens with zero attached hydrogens (tertiary/aromatic N) is 3. The minimum absolute atomic E-state index is 0.107. The lowest BCUT2D eigenvalue weighted by Gasteiger charge is -2.33. The van der Waals surface area contributed by atoms with Crippen molar-refractivity contribution in [2.45, 2.75) is 17.1 Å². The molecular weight excluding hydrogens is 402 g/mol. The van der Waals surface area contributed by atoms with Gasteiger partial charge in [0, 0.05) is 44.6 Å². The third-order valence-electron chi connectivity index (χ3n) is 5.07. The zero-order valence-corrected chi connectivity index (χ0v) is 16.9. The lowest BCUT2D eigenvalue weighted by Crippen LogP contribution is -2.50. The van der Waals surface area contributed by atoms with Crippen LogP contribution in [0.2, 0.25) is 0 Å². The van der Waals surface area contributed by atoms with Crippen LogP contribution in [0.5, 0.6) is 0 Å². The molecule has 2 aromatic heterocycles. The lowest BCUT2D eigenvalue weighted by molar-refractivity contribution is 0.0665. The minimum atomic E-state index is -3.68. The molecule has 4 rings (SSSR count). The summed E-state index contributed by atoms with van der Waals surface area (Å²) in [6, 6.07) is 4.71. The van der Waals surface area contributed by atoms with E-state index in [9.17, 15) is 18.0 Å². The number of hydrogen-bond acceptors (Lipinski definition) is 6. The van der Waals surface area contributed by atoms with E-state index in [4.69, 9.17) is 4.42 Å². The first-order valence-corrected chi connectivity index (χ1v) is 11.5. The van der Waals surface area contributed by atoms with Gasteiger partial charge in [-0.2, -0.15) is 4.31 Å². The van der Waals surface area contributed by atoms with Gasteiger partial charge in [-0.25, -0.2) is 8.42 Å². The van der Waals surface area contributed by atoms with Gasteiger partial charge in [0.25, 0.3) is 21.8 Å². The highest BCUT2D eigenvalue weighted by atomic mass is 32.2. The predicted octanol–water partition coefficient (Wildman–Crippen LogP) is 1.72. The van der Waals surface area contributed by atoms with Gasteiger partial charge >= 0.3 is 0 Å². The van der Waals surface area contributed by atoms with Crippen molar-refractivity contribution in [2.24, 2.45) is 0 Å². The van der Waals surface area contributed by atoms with E-state index in [0.717, 1.165) is 37.3 Å². The summed E-state index contributed by atoms with van der Waals surface area (Å²) >= 11 is 1.07. The van der Waals surface area contributed by atoms with Gasteiger partial charge in [-0.1, -0.05) is 0 Å². The molecule has 0 aliphatic carbocycles. The molecule has 2 aliphatic rings. The minimum Gasteiger partial charge on any atom is -0.459 e. The highest BCUT2D eigenvalue weighted by molar-refractivity contribution is 7.91. The second-order valence-corrected chi connectivity index (χ2v) is 9.90. The van der Waals surface area contributed by atoms with E-state index in [1.165, 1.54) is 16.6 Å². The summed E-state index contributed by atoms with van der Waals surface area (Å²) in [6.45, 7) is 2.46. The quantitative estimate of drug-likeness (QED) is 0.747. The van der Waals surface area contributed by atoms with Crippen LogP contribution in [0.4, 0.5) is 0 Å². The van der Waals surface area contributed by atoms with Crippen molar-refractivity contribution in [3.63, 3.8) is 0 Å². The first kappa shape index (κ1) is 19.2. The summed E-state index contributed by atoms with van der Waals surface area (Å²) in [7, 11) is -3.68. The molecule has 0 spiro atoms. The molecule has 2 aromatic rings. The van der Waals surface area contributed by atoms with E-state index >= 15 is 0 Å². The van der Waals surface area contributed by atoms with E-state index in [1.54, 1.807) is 27.3 Å². The molecule has 2 aliphatic heterocycles. The molecule has 4 heterocycles.